The van der Waals surface area contributed by atoms with Crippen LogP contribution in [0.5, 0.6) is 11.8 Å². The van der Waals surface area contributed by atoms with E-state index in [1.54, 1.807) is 121 Å². The Morgan fingerprint density at radius 3 is 0.920 bits per heavy atom. The van der Waals surface area contributed by atoms with Crippen LogP contribution in [-0.4, -0.2) is 57.0 Å². The molecule has 0 bridgehead atoms. The molecule has 2 aliphatic heterocycles. The predicted molar refractivity (Wildman–Crippen MR) is 304 cm³/mol. The van der Waals surface area contributed by atoms with Crippen molar-refractivity contribution >= 4 is 81.8 Å². The summed E-state index contributed by atoms with van der Waals surface area (Å²) in [6.07, 6.45) is 2.04. The summed E-state index contributed by atoms with van der Waals surface area (Å²) in [5, 5.41) is -0.410. The van der Waals surface area contributed by atoms with Crippen LogP contribution in [0.3, 0.4) is 0 Å². The van der Waals surface area contributed by atoms with Crippen LogP contribution in [0.25, 0.3) is 33.0 Å². The van der Waals surface area contributed by atoms with Crippen molar-refractivity contribution in [1.82, 2.24) is 9.97 Å². The summed E-state index contributed by atoms with van der Waals surface area (Å²) in [6.45, 7) is -1.84. The van der Waals surface area contributed by atoms with Crippen molar-refractivity contribution in [2.45, 2.75) is 37.6 Å². The number of ketones is 4. The van der Waals surface area contributed by atoms with Gasteiger partial charge in [0.05, 0.1) is 20.9 Å². The molecule has 4 heterocycles. The average Bonchev–Trinajstić information content (AvgIpc) is 1.04. The molecule has 4 aliphatic rings. The van der Waals surface area contributed by atoms with Gasteiger partial charge >= 0.3 is 35.1 Å². The fourth-order valence-corrected chi connectivity index (χ4v) is 12.4. The van der Waals surface area contributed by atoms with Gasteiger partial charge in [0.15, 0.2) is 46.4 Å². The molecule has 0 N–H and O–H groups in total. The van der Waals surface area contributed by atoms with Crippen molar-refractivity contribution in [3.63, 3.8) is 0 Å². The molecular formula is C66H36F4N2O14S2. The summed E-state index contributed by atoms with van der Waals surface area (Å²) in [7, 11) is 0. The molecule has 22 heteroatoms. The Bertz CT molecular complexity index is 4080. The molecule has 2 aliphatic carbocycles. The molecular weight excluding hydrogens is 1180 g/mol. The van der Waals surface area contributed by atoms with Gasteiger partial charge in [-0.05, 0) is 70.8 Å². The van der Waals surface area contributed by atoms with E-state index in [0.29, 0.717) is 69.2 Å². The van der Waals surface area contributed by atoms with Crippen LogP contribution < -0.4 is 9.47 Å². The van der Waals surface area contributed by atoms with E-state index in [9.17, 15) is 36.7 Å². The van der Waals surface area contributed by atoms with E-state index in [0.717, 1.165) is 12.2 Å². The first-order chi connectivity index (χ1) is 42.5. The Labute approximate surface area is 501 Å². The molecule has 434 valence electrons. The standard InChI is InChI=1S/C66H36F4N2O14S2/c67-47-23-37-38(24-48(47)68)54(74)43(53(37)73)27-51-71-59-57(87-51)41-22-46-42(21-45(41)65(85-59,61(77)81-29-33-13-5-1-6-14-33)62(78)82-30-34-15-7-2-8-16-34)58-60(72-52(88-58)28-44-55(75)39-25-49(69)50(70)26-40(39)56(44)76)86-66(46,63(79)83-31-35-17-9-3-10-18-35)64(80)84-32-36-19-11-4-12-20-36/h1-28H,29-32H2. The van der Waals surface area contributed by atoms with Crippen LogP contribution in [0.4, 0.5) is 17.6 Å². The number of carbonyl (C=O) groups excluding carboxylic acids is 8. The molecule has 0 atom stereocenters. The Morgan fingerprint density at radius 1 is 0.398 bits per heavy atom. The number of thiazole rings is 2. The first-order valence-electron chi connectivity index (χ1n) is 26.6. The Morgan fingerprint density at radius 2 is 0.659 bits per heavy atom. The Balaban J connectivity index is 1.05. The van der Waals surface area contributed by atoms with Crippen molar-refractivity contribution in [3.05, 3.63) is 258 Å². The van der Waals surface area contributed by atoms with Gasteiger partial charge in [0.1, 0.15) is 36.4 Å². The van der Waals surface area contributed by atoms with E-state index < -0.39 is 153 Å². The highest BCUT2D eigenvalue weighted by Gasteiger charge is 2.63. The van der Waals surface area contributed by atoms with E-state index in [4.69, 9.17) is 28.4 Å². The summed E-state index contributed by atoms with van der Waals surface area (Å²) in [6, 6.07) is 38.2. The van der Waals surface area contributed by atoms with E-state index in [2.05, 4.69) is 9.97 Å². The smallest absolute Gasteiger partial charge is 0.367 e. The van der Waals surface area contributed by atoms with Gasteiger partial charge < -0.3 is 28.4 Å². The number of fused-ring (bicyclic) bond motifs is 8. The minimum absolute atomic E-state index is 0.0741. The lowest BCUT2D eigenvalue weighted by molar-refractivity contribution is -0.185. The number of rotatable bonds is 14. The number of nitrogens with zero attached hydrogens (tertiary/aromatic N) is 2. The lowest BCUT2D eigenvalue weighted by Gasteiger charge is -2.38. The highest BCUT2D eigenvalue weighted by atomic mass is 32.1. The quantitative estimate of drug-likeness (QED) is 0.0247. The second-order valence-electron chi connectivity index (χ2n) is 20.2. The topological polar surface area (TPSA) is 218 Å². The molecule has 16 nitrogen and oxygen atoms in total. The van der Waals surface area contributed by atoms with Crippen molar-refractivity contribution in [2.24, 2.45) is 0 Å². The van der Waals surface area contributed by atoms with Crippen molar-refractivity contribution in [3.8, 4) is 32.6 Å². The van der Waals surface area contributed by atoms with Gasteiger partial charge in [-0.15, -0.1) is 22.7 Å². The average molecular weight is 1220 g/mol. The largest absolute Gasteiger partial charge is 0.457 e. The van der Waals surface area contributed by atoms with Crippen LogP contribution >= 0.6 is 22.7 Å². The highest BCUT2D eigenvalue weighted by molar-refractivity contribution is 7.17. The predicted octanol–water partition coefficient (Wildman–Crippen LogP) is 11.6. The summed E-state index contributed by atoms with van der Waals surface area (Å²) >= 11 is 1.43. The van der Waals surface area contributed by atoms with Crippen LogP contribution in [-0.2, 0) is 75.8 Å². The number of hydrogen-bond acceptors (Lipinski definition) is 18. The van der Waals surface area contributed by atoms with Gasteiger partial charge in [0, 0.05) is 44.5 Å². The van der Waals surface area contributed by atoms with E-state index in [1.807, 2.05) is 0 Å². The number of hydrogen-bond donors (Lipinski definition) is 0. The number of Topliss-reactive ketones (excluding diaryl/α,β-unsaturated/α-hetero) is 4. The lowest BCUT2D eigenvalue weighted by Crippen LogP contribution is -2.54. The zero-order valence-corrected chi connectivity index (χ0v) is 46.6. The lowest BCUT2D eigenvalue weighted by atomic mass is 9.79. The molecule has 9 aromatic rings. The molecule has 0 radical (unpaired) electrons. The van der Waals surface area contributed by atoms with Gasteiger partial charge in [0.2, 0.25) is 11.8 Å². The fraction of sp³-hybridized carbons (Fsp3) is 0.0909. The number of halogens is 4. The summed E-state index contributed by atoms with van der Waals surface area (Å²) in [4.78, 5) is 126. The van der Waals surface area contributed by atoms with Crippen LogP contribution in [0, 0.1) is 23.3 Å². The number of allylic oxidation sites excluding steroid dienone is 2. The van der Waals surface area contributed by atoms with E-state index in [1.165, 1.54) is 12.1 Å². The second kappa shape index (κ2) is 22.2. The minimum atomic E-state index is -3.07. The molecule has 0 unspecified atom stereocenters. The van der Waals surface area contributed by atoms with Gasteiger partial charge in [-0.2, -0.15) is 0 Å². The fourth-order valence-electron chi connectivity index (χ4n) is 10.4. The Hall–Kier alpha value is -10.8. The first-order valence-corrected chi connectivity index (χ1v) is 28.2. The number of benzene rings is 7. The summed E-state index contributed by atoms with van der Waals surface area (Å²) < 4.78 is 95.2. The monoisotopic (exact) mass is 1220 g/mol. The van der Waals surface area contributed by atoms with Gasteiger partial charge in [-0.3, -0.25) is 19.2 Å². The maximum absolute atomic E-state index is 15.5. The molecule has 2 aromatic heterocycles. The van der Waals surface area contributed by atoms with Gasteiger partial charge in [0.25, 0.3) is 0 Å². The van der Waals surface area contributed by atoms with Gasteiger partial charge in [-0.25, -0.2) is 46.7 Å². The molecule has 7 aromatic carbocycles. The maximum atomic E-state index is 15.5. The number of ether oxygens (including phenoxy) is 6. The normalized spacial score (nSPS) is 14.5. The van der Waals surface area contributed by atoms with Crippen LogP contribution in [0.1, 0.15) is 84.8 Å². The van der Waals surface area contributed by atoms with Crippen LogP contribution in [0.2, 0.25) is 0 Å². The number of aromatic nitrogens is 2. The third-order valence-corrected chi connectivity index (χ3v) is 16.8. The summed E-state index contributed by atoms with van der Waals surface area (Å²) in [5.41, 5.74) is -8.33. The zero-order chi connectivity index (χ0) is 61.2. The zero-order valence-electron chi connectivity index (χ0n) is 44.9. The maximum Gasteiger partial charge on any atom is 0.367 e. The second-order valence-corrected chi connectivity index (χ2v) is 22.2. The van der Waals surface area contributed by atoms with E-state index in [-0.39, 0.29) is 42.0 Å². The number of carbonyl (C=O) groups is 8. The van der Waals surface area contributed by atoms with Crippen molar-refractivity contribution in [1.29, 1.82) is 0 Å². The van der Waals surface area contributed by atoms with Crippen molar-refractivity contribution < 1.29 is 84.3 Å². The Kier molecular flexibility index (Phi) is 14.2. The molecule has 0 fully saturated rings. The van der Waals surface area contributed by atoms with Crippen LogP contribution in [0.15, 0.2) is 169 Å². The van der Waals surface area contributed by atoms with Crippen molar-refractivity contribution in [2.75, 3.05) is 0 Å². The highest BCUT2D eigenvalue weighted by Crippen LogP contribution is 2.57. The molecule has 0 amide bonds. The molecule has 0 saturated carbocycles. The minimum Gasteiger partial charge on any atom is -0.457 e. The first kappa shape index (κ1) is 56.3. The third-order valence-electron chi connectivity index (χ3n) is 14.7. The summed E-state index contributed by atoms with van der Waals surface area (Å²) in [5.74, 6) is -16.1. The van der Waals surface area contributed by atoms with Gasteiger partial charge in [-0.1, -0.05) is 121 Å². The van der Waals surface area contributed by atoms with E-state index >= 15 is 19.2 Å². The SMILES string of the molecule is O=C1C(=Cc2nc3c(s2)-c2cc4c(cc2C(C(=O)OCc2ccccc2)(C(=O)OCc2ccccc2)O3)-c2sc(C=C3C(=O)c5cc(F)c(F)cc5C3=O)nc2OC4(C(=O)OCc2ccccc2)C(=O)OCc2ccccc2)C(=O)c2cc(F)c(F)cc21. The third kappa shape index (κ3) is 9.63. The molecule has 88 heavy (non-hydrogen) atoms. The molecule has 13 rings (SSSR count). The molecule has 0 spiro atoms. The number of esters is 4. The molecule has 0 saturated heterocycles.